The third kappa shape index (κ3) is 8.66. The second kappa shape index (κ2) is 15.9. The third-order valence-electron chi connectivity index (χ3n) is 7.63. The topological polar surface area (TPSA) is 339 Å². The Morgan fingerprint density at radius 2 is 1.29 bits per heavy atom. The molecule has 1 unspecified atom stereocenters. The van der Waals surface area contributed by atoms with E-state index in [1.165, 1.54) is 24.3 Å². The summed E-state index contributed by atoms with van der Waals surface area (Å²) in [6.07, 6.45) is 0. The summed E-state index contributed by atoms with van der Waals surface area (Å²) >= 11 is 0. The Hall–Kier alpha value is -5.72. The van der Waals surface area contributed by atoms with Gasteiger partial charge in [0.15, 0.2) is 5.94 Å². The molecule has 0 spiro atoms. The van der Waals surface area contributed by atoms with Crippen molar-refractivity contribution in [1.82, 2.24) is 6.15 Å². The molecule has 0 saturated heterocycles. The Morgan fingerprint density at radius 1 is 0.727 bits per heavy atom. The minimum Gasteiger partial charge on any atom is -0.871 e. The van der Waals surface area contributed by atoms with Crippen LogP contribution in [-0.2, 0) is 46.6 Å². The molecule has 7 rings (SSSR count). The van der Waals surface area contributed by atoms with Gasteiger partial charge in [-0.25, -0.2) is 22.0 Å². The van der Waals surface area contributed by atoms with Gasteiger partial charge in [-0.3, -0.25) is 8.99 Å². The molecule has 0 fully saturated rings. The van der Waals surface area contributed by atoms with Crippen LogP contribution in [0.4, 0.5) is 22.7 Å². The molecule has 0 bridgehead atoms. The van der Waals surface area contributed by atoms with E-state index in [4.69, 9.17) is 14.7 Å². The fourth-order valence-corrected chi connectivity index (χ4v) is 7.43. The maximum absolute atomic E-state index is 12.8. The number of primary sulfonamides is 1. The summed E-state index contributed by atoms with van der Waals surface area (Å²) in [4.78, 5) is -1.12. The zero-order valence-corrected chi connectivity index (χ0v) is 31.1. The van der Waals surface area contributed by atoms with Crippen molar-refractivity contribution in [2.45, 2.75) is 14.7 Å². The quantitative estimate of drug-likeness (QED) is 0.129. The zero-order valence-electron chi connectivity index (χ0n) is 27.6. The van der Waals surface area contributed by atoms with Gasteiger partial charge in [0.25, 0.3) is 0 Å². The Labute approximate surface area is 323 Å². The molecule has 1 aliphatic rings. The van der Waals surface area contributed by atoms with Gasteiger partial charge in [-0.15, -0.1) is 15.3 Å². The number of fused-ring (bicyclic) bond motifs is 4. The van der Waals surface area contributed by atoms with E-state index in [0.29, 0.717) is 10.8 Å². The molecule has 6 aromatic carbocycles. The fraction of sp³-hybridized carbons (Fsp3) is 0.0303. The molecule has 8 N–H and O–H groups in total. The van der Waals surface area contributed by atoms with Crippen LogP contribution in [0.5, 0.6) is 28.7 Å². The van der Waals surface area contributed by atoms with Crippen molar-refractivity contribution in [3.63, 3.8) is 0 Å². The molecule has 1 aliphatic heterocycles. The van der Waals surface area contributed by atoms with E-state index in [-0.39, 0.29) is 61.8 Å². The molecule has 286 valence electrons. The number of hydrogen-bond donors (Lipinski definition) is 5. The molecule has 55 heavy (non-hydrogen) atoms. The van der Waals surface area contributed by atoms with Crippen molar-refractivity contribution in [2.75, 3.05) is 5.94 Å². The molecular formula is C33H26CoN7O11S3. The summed E-state index contributed by atoms with van der Waals surface area (Å²) < 4.78 is 82.6. The summed E-state index contributed by atoms with van der Waals surface area (Å²) in [6, 6.07) is 22.8. The third-order valence-corrected chi connectivity index (χ3v) is 10.8. The smallest absolute Gasteiger partial charge is 0.871 e. The first-order chi connectivity index (χ1) is 25.0. The van der Waals surface area contributed by atoms with E-state index in [0.717, 1.165) is 35.7 Å². The van der Waals surface area contributed by atoms with Gasteiger partial charge in [-0.2, -0.15) is 5.11 Å². The second-order valence-corrected chi connectivity index (χ2v) is 16.1. The first-order valence-electron chi connectivity index (χ1n) is 14.8. The molecule has 0 amide bonds. The van der Waals surface area contributed by atoms with Crippen LogP contribution in [0.3, 0.4) is 0 Å². The Morgan fingerprint density at radius 3 is 1.96 bits per heavy atom. The number of rotatable bonds is 6. The standard InChI is InChI=1S/C17H13N3O7S2.C16H13N3O4S.Co.H3N/c18-29(25,26)9-5-6-13(21)12(7-9)19-20-14-15(22)10-3-1-2-4-11(10)16-17(14)28(23,24)8-27-16;17-24(22,23)11-6-8-14(20)13(9-11)18-19-16-12-4-2-1-3-10(12)5-7-15(16)21;;/h1-7,21-22H,8H2,(H2,18,25,26);1-9,20-21H,(H2,17,22,23);;1H3/q;;+3;/p-3. The van der Waals surface area contributed by atoms with Crippen molar-refractivity contribution in [2.24, 2.45) is 25.6 Å². The Kier molecular flexibility index (Phi) is 12.2. The molecular weight excluding hydrogens is 826 g/mol. The number of azo groups is 2. The number of aromatic hydroxyl groups is 2. The number of ether oxygens (including phenoxy) is 1. The molecule has 6 aromatic rings. The minimum atomic E-state index is -4.36. The van der Waals surface area contributed by atoms with Crippen molar-refractivity contribution < 1.29 is 67.5 Å². The van der Waals surface area contributed by atoms with Crippen LogP contribution in [0, 0.1) is 4.78 Å². The van der Waals surface area contributed by atoms with E-state index in [1.54, 1.807) is 30.3 Å². The van der Waals surface area contributed by atoms with E-state index >= 15 is 0 Å². The molecule has 0 aromatic heterocycles. The Balaban J connectivity index is 0.000000240. The van der Waals surface area contributed by atoms with Gasteiger partial charge in [0.2, 0.25) is 19.9 Å². The predicted octanol–water partition coefficient (Wildman–Crippen LogP) is 5.54. The average Bonchev–Trinajstić information content (AvgIpc) is 3.43. The monoisotopic (exact) mass is 851 g/mol. The number of nitrogens with one attached hydrogen (secondary N) is 1. The molecule has 1 heterocycles. The van der Waals surface area contributed by atoms with Crippen LogP contribution >= 0.6 is 0 Å². The van der Waals surface area contributed by atoms with Crippen LogP contribution < -0.4 is 26.2 Å². The number of nitrogens with two attached hydrogens (primary N) is 1. The van der Waals surface area contributed by atoms with Gasteiger partial charge >= 0.3 is 16.8 Å². The van der Waals surface area contributed by atoms with E-state index in [9.17, 15) is 46.0 Å². The predicted molar refractivity (Wildman–Crippen MR) is 190 cm³/mol. The average molecular weight is 852 g/mol. The molecule has 0 saturated carbocycles. The van der Waals surface area contributed by atoms with Gasteiger partial charge in [0.1, 0.15) is 39.2 Å². The minimum absolute atomic E-state index is 0. The number of sulfonamides is 1. The summed E-state index contributed by atoms with van der Waals surface area (Å²) in [5, 5.41) is 66.7. The molecule has 0 aliphatic carbocycles. The van der Waals surface area contributed by atoms with Gasteiger partial charge in [0.05, 0.1) is 10.6 Å². The van der Waals surface area contributed by atoms with Gasteiger partial charge in [-0.05, 0) is 47.2 Å². The molecule has 0 radical (unpaired) electrons. The van der Waals surface area contributed by atoms with Gasteiger partial charge in [-0.1, -0.05) is 72.2 Å². The maximum Gasteiger partial charge on any atom is 3.00 e. The normalized spacial score (nSPS) is 14.3. The van der Waals surface area contributed by atoms with Crippen molar-refractivity contribution in [1.29, 1.82) is 4.78 Å². The number of phenols is 2. The van der Waals surface area contributed by atoms with Crippen LogP contribution in [0.25, 0.3) is 21.5 Å². The summed E-state index contributed by atoms with van der Waals surface area (Å²) in [5.74, 6) is -2.49. The number of phenolic OH excluding ortho intramolecular Hbond substituents is 2. The number of sulfone groups is 1. The number of hydrogen-bond acceptors (Lipinski definition) is 17. The number of benzene rings is 6. The van der Waals surface area contributed by atoms with Crippen molar-refractivity contribution in [3.05, 3.63) is 97.1 Å². The second-order valence-electron chi connectivity index (χ2n) is 11.1. The number of nitrogens with zero attached hydrogens (tertiary/aromatic N) is 4. The molecule has 18 nitrogen and oxygen atoms in total. The molecule has 22 heteroatoms. The van der Waals surface area contributed by atoms with Crippen molar-refractivity contribution in [3.8, 4) is 28.7 Å². The summed E-state index contributed by atoms with van der Waals surface area (Å²) in [5.41, 5.74) is -0.854. The van der Waals surface area contributed by atoms with Crippen LogP contribution in [0.1, 0.15) is 0 Å². The van der Waals surface area contributed by atoms with Crippen molar-refractivity contribution >= 4 is 74.2 Å². The van der Waals surface area contributed by atoms with E-state index in [1.807, 2.05) is 12.1 Å². The first kappa shape index (κ1) is 42.0. The van der Waals surface area contributed by atoms with Gasteiger partial charge in [0, 0.05) is 25.7 Å². The van der Waals surface area contributed by atoms with Crippen LogP contribution in [0.2, 0.25) is 0 Å². The van der Waals surface area contributed by atoms with Crippen LogP contribution in [0.15, 0.2) is 132 Å². The van der Waals surface area contributed by atoms with Gasteiger partial charge < -0.3 is 35.9 Å². The SMILES string of the molecule is N.N=S(=O)([O-])c1ccc([O-])c(N=Nc2c3c(c4ccccc4c2[O-])OCS3(=O)=O)c1.NS(=O)(=O)c1ccc(O)c(N=Nc2c(O)ccc3ccccc23)c1.[Co+3]. The summed E-state index contributed by atoms with van der Waals surface area (Å²) in [6.45, 7) is 0. The molecule has 1 atom stereocenters. The Bertz CT molecular complexity index is 2880. The van der Waals surface area contributed by atoms with E-state index < -0.39 is 68.5 Å². The van der Waals surface area contributed by atoms with Crippen LogP contribution in [-0.4, -0.2) is 41.7 Å². The zero-order chi connectivity index (χ0) is 38.3. The fourth-order valence-electron chi connectivity index (χ4n) is 5.12. The maximum atomic E-state index is 12.8. The first-order valence-corrected chi connectivity index (χ1v) is 19.5. The van der Waals surface area contributed by atoms with E-state index in [2.05, 4.69) is 20.5 Å². The summed E-state index contributed by atoms with van der Waals surface area (Å²) in [7, 11) is -12.3. The largest absolute Gasteiger partial charge is 3.00 e.